The van der Waals surface area contributed by atoms with Crippen LogP contribution in [0.1, 0.15) is 18.9 Å². The van der Waals surface area contributed by atoms with E-state index in [-0.39, 0.29) is 17.0 Å². The van der Waals surface area contributed by atoms with E-state index in [9.17, 15) is 0 Å². The molecule has 0 saturated carbocycles. The highest BCUT2D eigenvalue weighted by molar-refractivity contribution is 8.93. The maximum absolute atomic E-state index is 5.54. The first-order valence-corrected chi connectivity index (χ1v) is 4.25. The molecule has 74 valence electrons. The molecule has 2 N–H and O–H groups in total. The largest absolute Gasteiger partial charge is 0.399 e. The molecule has 0 radical (unpaired) electrons. The highest BCUT2D eigenvalue weighted by Crippen LogP contribution is 2.06. The lowest BCUT2D eigenvalue weighted by Crippen LogP contribution is -1.94. The van der Waals surface area contributed by atoms with Gasteiger partial charge in [-0.15, -0.1) is 17.0 Å². The Kier molecular flexibility index (Phi) is 6.63. The van der Waals surface area contributed by atoms with E-state index < -0.39 is 0 Å². The fraction of sp³-hybridized carbons (Fsp3) is 0.400. The predicted molar refractivity (Wildman–Crippen MR) is 61.1 cm³/mol. The van der Waals surface area contributed by atoms with Crippen LogP contribution in [-0.2, 0) is 11.3 Å². The number of nitrogen functional groups attached to an aromatic ring is 1. The SMILES string of the molecule is Br.CCCOCc1ccc(N)cc1. The zero-order chi connectivity index (χ0) is 8.81. The van der Waals surface area contributed by atoms with Crippen molar-refractivity contribution in [3.8, 4) is 0 Å². The quantitative estimate of drug-likeness (QED) is 0.654. The monoisotopic (exact) mass is 245 g/mol. The van der Waals surface area contributed by atoms with Crippen molar-refractivity contribution in [3.63, 3.8) is 0 Å². The molecule has 0 aliphatic rings. The number of hydrogen-bond acceptors (Lipinski definition) is 2. The van der Waals surface area contributed by atoms with Crippen molar-refractivity contribution < 1.29 is 4.74 Å². The Labute approximate surface area is 89.9 Å². The summed E-state index contributed by atoms with van der Waals surface area (Å²) in [5.41, 5.74) is 7.52. The van der Waals surface area contributed by atoms with Gasteiger partial charge in [-0.05, 0) is 24.1 Å². The molecule has 0 aromatic heterocycles. The Hall–Kier alpha value is -0.540. The average Bonchev–Trinajstić information content (AvgIpc) is 2.09. The standard InChI is InChI=1S/C10H15NO.BrH/c1-2-7-12-8-9-3-5-10(11)6-4-9;/h3-6H,2,7-8,11H2,1H3;1H. The van der Waals surface area contributed by atoms with Gasteiger partial charge >= 0.3 is 0 Å². The third-order valence-corrected chi connectivity index (χ3v) is 1.60. The van der Waals surface area contributed by atoms with Crippen LogP contribution in [0.25, 0.3) is 0 Å². The second-order valence-corrected chi connectivity index (χ2v) is 2.79. The van der Waals surface area contributed by atoms with Crippen molar-refractivity contribution in [2.24, 2.45) is 0 Å². The van der Waals surface area contributed by atoms with E-state index in [0.717, 1.165) is 18.7 Å². The molecule has 0 spiro atoms. The molecular formula is C10H16BrNO. The molecule has 0 heterocycles. The van der Waals surface area contributed by atoms with E-state index in [1.165, 1.54) is 5.56 Å². The number of nitrogens with two attached hydrogens (primary N) is 1. The van der Waals surface area contributed by atoms with Crippen LogP contribution in [0.5, 0.6) is 0 Å². The van der Waals surface area contributed by atoms with Gasteiger partial charge in [0.2, 0.25) is 0 Å². The Morgan fingerprint density at radius 3 is 2.38 bits per heavy atom. The molecule has 13 heavy (non-hydrogen) atoms. The van der Waals surface area contributed by atoms with Crippen LogP contribution < -0.4 is 5.73 Å². The Morgan fingerprint density at radius 1 is 1.23 bits per heavy atom. The highest BCUT2D eigenvalue weighted by Gasteiger charge is 1.91. The van der Waals surface area contributed by atoms with Crippen LogP contribution >= 0.6 is 17.0 Å². The zero-order valence-electron chi connectivity index (χ0n) is 7.82. The first-order chi connectivity index (χ1) is 5.83. The molecule has 0 saturated heterocycles. The van der Waals surface area contributed by atoms with Gasteiger partial charge in [0.15, 0.2) is 0 Å². The minimum absolute atomic E-state index is 0. The Morgan fingerprint density at radius 2 is 1.85 bits per heavy atom. The van der Waals surface area contributed by atoms with Gasteiger partial charge in [0, 0.05) is 12.3 Å². The predicted octanol–water partition coefficient (Wildman–Crippen LogP) is 2.77. The number of hydrogen-bond donors (Lipinski definition) is 1. The second-order valence-electron chi connectivity index (χ2n) is 2.79. The smallest absolute Gasteiger partial charge is 0.0716 e. The first-order valence-electron chi connectivity index (χ1n) is 4.25. The van der Waals surface area contributed by atoms with E-state index in [2.05, 4.69) is 6.92 Å². The van der Waals surface area contributed by atoms with Crippen molar-refractivity contribution in [1.82, 2.24) is 0 Å². The number of ether oxygens (including phenoxy) is 1. The Balaban J connectivity index is 0.00000144. The summed E-state index contributed by atoms with van der Waals surface area (Å²) in [6.45, 7) is 3.61. The van der Waals surface area contributed by atoms with Crippen LogP contribution in [-0.4, -0.2) is 6.61 Å². The molecule has 0 atom stereocenters. The third kappa shape index (κ3) is 4.90. The van der Waals surface area contributed by atoms with E-state index in [1.54, 1.807) is 0 Å². The Bertz CT molecular complexity index is 223. The topological polar surface area (TPSA) is 35.2 Å². The van der Waals surface area contributed by atoms with Crippen LogP contribution in [0, 0.1) is 0 Å². The van der Waals surface area contributed by atoms with Gasteiger partial charge < -0.3 is 10.5 Å². The van der Waals surface area contributed by atoms with E-state index in [1.807, 2.05) is 24.3 Å². The van der Waals surface area contributed by atoms with Gasteiger partial charge in [-0.2, -0.15) is 0 Å². The van der Waals surface area contributed by atoms with Gasteiger partial charge in [0.05, 0.1) is 6.61 Å². The third-order valence-electron chi connectivity index (χ3n) is 1.60. The zero-order valence-corrected chi connectivity index (χ0v) is 9.54. The number of anilines is 1. The highest BCUT2D eigenvalue weighted by atomic mass is 79.9. The summed E-state index contributed by atoms with van der Waals surface area (Å²) in [7, 11) is 0. The summed E-state index contributed by atoms with van der Waals surface area (Å²) in [4.78, 5) is 0. The second kappa shape index (κ2) is 6.92. The number of benzene rings is 1. The van der Waals surface area contributed by atoms with Crippen molar-refractivity contribution in [3.05, 3.63) is 29.8 Å². The maximum atomic E-state index is 5.54. The number of rotatable bonds is 4. The molecule has 1 rings (SSSR count). The summed E-state index contributed by atoms with van der Waals surface area (Å²) in [6, 6.07) is 7.77. The van der Waals surface area contributed by atoms with Crippen LogP contribution in [0.3, 0.4) is 0 Å². The summed E-state index contributed by atoms with van der Waals surface area (Å²) in [6.07, 6.45) is 1.06. The molecule has 0 aliphatic heterocycles. The lowest BCUT2D eigenvalue weighted by Gasteiger charge is -2.02. The van der Waals surface area contributed by atoms with Crippen molar-refractivity contribution >= 4 is 22.7 Å². The summed E-state index contributed by atoms with van der Waals surface area (Å²) in [5.74, 6) is 0. The van der Waals surface area contributed by atoms with Gasteiger partial charge in [-0.1, -0.05) is 19.1 Å². The summed E-state index contributed by atoms with van der Waals surface area (Å²) < 4.78 is 5.37. The normalized spacial score (nSPS) is 9.31. The minimum Gasteiger partial charge on any atom is -0.399 e. The number of halogens is 1. The van der Waals surface area contributed by atoms with Crippen LogP contribution in [0.4, 0.5) is 5.69 Å². The van der Waals surface area contributed by atoms with Crippen molar-refractivity contribution in [1.29, 1.82) is 0 Å². The molecule has 0 unspecified atom stereocenters. The molecule has 0 amide bonds. The molecule has 0 fully saturated rings. The average molecular weight is 246 g/mol. The summed E-state index contributed by atoms with van der Waals surface area (Å²) in [5, 5.41) is 0. The first kappa shape index (κ1) is 12.5. The van der Waals surface area contributed by atoms with Crippen molar-refractivity contribution in [2.45, 2.75) is 20.0 Å². The molecule has 1 aromatic carbocycles. The minimum atomic E-state index is 0. The van der Waals surface area contributed by atoms with E-state index in [0.29, 0.717) is 6.61 Å². The fourth-order valence-corrected chi connectivity index (χ4v) is 0.948. The van der Waals surface area contributed by atoms with Crippen LogP contribution in [0.2, 0.25) is 0 Å². The fourth-order valence-electron chi connectivity index (χ4n) is 0.948. The van der Waals surface area contributed by atoms with Crippen LogP contribution in [0.15, 0.2) is 24.3 Å². The molecule has 2 nitrogen and oxygen atoms in total. The molecule has 0 aliphatic carbocycles. The van der Waals surface area contributed by atoms with E-state index in [4.69, 9.17) is 10.5 Å². The summed E-state index contributed by atoms with van der Waals surface area (Å²) >= 11 is 0. The van der Waals surface area contributed by atoms with E-state index >= 15 is 0 Å². The molecular weight excluding hydrogens is 230 g/mol. The molecule has 3 heteroatoms. The van der Waals surface area contributed by atoms with Gasteiger partial charge in [-0.25, -0.2) is 0 Å². The molecule has 0 bridgehead atoms. The van der Waals surface area contributed by atoms with Crippen molar-refractivity contribution in [2.75, 3.05) is 12.3 Å². The molecule has 1 aromatic rings. The van der Waals surface area contributed by atoms with Gasteiger partial charge in [-0.3, -0.25) is 0 Å². The maximum Gasteiger partial charge on any atom is 0.0716 e. The lowest BCUT2D eigenvalue weighted by atomic mass is 10.2. The van der Waals surface area contributed by atoms with Gasteiger partial charge in [0.25, 0.3) is 0 Å². The lowest BCUT2D eigenvalue weighted by molar-refractivity contribution is 0.121. The van der Waals surface area contributed by atoms with Gasteiger partial charge in [0.1, 0.15) is 0 Å².